The maximum atomic E-state index is 11.9. The lowest BCUT2D eigenvalue weighted by Gasteiger charge is -2.03. The Morgan fingerprint density at radius 3 is 2.50 bits per heavy atom. The van der Waals surface area contributed by atoms with Crippen molar-refractivity contribution in [2.45, 2.75) is 0 Å². The molecule has 6 nitrogen and oxygen atoms in total. The molecule has 0 atom stereocenters. The Labute approximate surface area is 138 Å². The van der Waals surface area contributed by atoms with Crippen LogP contribution >= 0.6 is 0 Å². The fourth-order valence-electron chi connectivity index (χ4n) is 2.09. The molecule has 2 aromatic carbocycles. The fourth-order valence-corrected chi connectivity index (χ4v) is 2.09. The summed E-state index contributed by atoms with van der Waals surface area (Å²) in [4.78, 5) is 26.8. The van der Waals surface area contributed by atoms with Crippen LogP contribution < -0.4 is 10.5 Å². The molecule has 24 heavy (non-hydrogen) atoms. The number of carbonyl (C=O) groups excluding carboxylic acids is 2. The summed E-state index contributed by atoms with van der Waals surface area (Å²) in [5, 5.41) is 0. The quantitative estimate of drug-likeness (QED) is 0.672. The summed E-state index contributed by atoms with van der Waals surface area (Å²) in [6, 6.07) is 16.0. The van der Waals surface area contributed by atoms with Crippen molar-refractivity contribution in [3.05, 3.63) is 71.4 Å². The van der Waals surface area contributed by atoms with Gasteiger partial charge in [-0.2, -0.15) is 0 Å². The minimum Gasteiger partial charge on any atom is -0.484 e. The number of rotatable bonds is 5. The molecule has 0 radical (unpaired) electrons. The van der Waals surface area contributed by atoms with Crippen LogP contribution in [0, 0.1) is 0 Å². The normalized spacial score (nSPS) is 15.1. The molecular weight excluding hydrogens is 308 g/mol. The van der Waals surface area contributed by atoms with Crippen molar-refractivity contribution in [2.75, 3.05) is 6.61 Å². The van der Waals surface area contributed by atoms with Crippen molar-refractivity contribution < 1.29 is 19.1 Å². The summed E-state index contributed by atoms with van der Waals surface area (Å²) in [5.41, 5.74) is 6.73. The average Bonchev–Trinajstić information content (AvgIpc) is 2.96. The van der Waals surface area contributed by atoms with E-state index in [0.717, 1.165) is 11.1 Å². The maximum absolute atomic E-state index is 11.9. The van der Waals surface area contributed by atoms with Crippen LogP contribution in [0.15, 0.2) is 65.3 Å². The number of hydrogen-bond acceptors (Lipinski definition) is 5. The first-order valence-corrected chi connectivity index (χ1v) is 7.21. The molecule has 1 aliphatic heterocycles. The van der Waals surface area contributed by atoms with Gasteiger partial charge >= 0.3 is 5.97 Å². The van der Waals surface area contributed by atoms with Crippen molar-refractivity contribution >= 4 is 23.9 Å². The second-order valence-electron chi connectivity index (χ2n) is 5.03. The second-order valence-corrected chi connectivity index (χ2v) is 5.03. The highest BCUT2D eigenvalue weighted by Gasteiger charge is 2.23. The van der Waals surface area contributed by atoms with Crippen LogP contribution in [-0.4, -0.2) is 24.4 Å². The molecule has 0 aliphatic carbocycles. The lowest BCUT2D eigenvalue weighted by Crippen LogP contribution is -2.19. The minimum absolute atomic E-state index is 0.183. The number of amides is 1. The van der Waals surface area contributed by atoms with E-state index in [-0.39, 0.29) is 18.2 Å². The maximum Gasteiger partial charge on any atom is 0.363 e. The Morgan fingerprint density at radius 1 is 1.12 bits per heavy atom. The molecular formula is C18H14N2O4. The van der Waals surface area contributed by atoms with E-state index in [1.807, 2.05) is 30.3 Å². The monoisotopic (exact) mass is 322 g/mol. The second kappa shape index (κ2) is 6.78. The molecule has 2 aromatic rings. The summed E-state index contributed by atoms with van der Waals surface area (Å²) < 4.78 is 10.4. The molecule has 3 rings (SSSR count). The van der Waals surface area contributed by atoms with Crippen LogP contribution in [0.4, 0.5) is 0 Å². The number of benzene rings is 2. The molecule has 6 heteroatoms. The molecule has 0 aromatic heterocycles. The van der Waals surface area contributed by atoms with Crippen LogP contribution in [-0.2, 0) is 14.3 Å². The van der Waals surface area contributed by atoms with E-state index in [1.165, 1.54) is 0 Å². The third-order valence-corrected chi connectivity index (χ3v) is 3.21. The summed E-state index contributed by atoms with van der Waals surface area (Å²) in [6.45, 7) is -0.183. The largest absolute Gasteiger partial charge is 0.484 e. The number of ether oxygens (including phenoxy) is 2. The van der Waals surface area contributed by atoms with Gasteiger partial charge in [-0.1, -0.05) is 30.3 Å². The first-order chi connectivity index (χ1) is 11.6. The smallest absolute Gasteiger partial charge is 0.363 e. The van der Waals surface area contributed by atoms with E-state index in [4.69, 9.17) is 15.2 Å². The number of carbonyl (C=O) groups is 2. The lowest BCUT2D eigenvalue weighted by atomic mass is 10.2. The number of nitrogens with two attached hydrogens (primary N) is 1. The van der Waals surface area contributed by atoms with Crippen LogP contribution in [0.2, 0.25) is 0 Å². The van der Waals surface area contributed by atoms with Crippen molar-refractivity contribution in [1.29, 1.82) is 0 Å². The van der Waals surface area contributed by atoms with E-state index < -0.39 is 11.9 Å². The van der Waals surface area contributed by atoms with Crippen LogP contribution in [0.25, 0.3) is 6.08 Å². The number of aliphatic imine (C=N–C) groups is 1. The molecule has 0 unspecified atom stereocenters. The van der Waals surface area contributed by atoms with Crippen LogP contribution in [0.1, 0.15) is 11.1 Å². The third-order valence-electron chi connectivity index (χ3n) is 3.21. The topological polar surface area (TPSA) is 91.0 Å². The highest BCUT2D eigenvalue weighted by atomic mass is 16.6. The van der Waals surface area contributed by atoms with Gasteiger partial charge in [0.15, 0.2) is 12.3 Å². The molecule has 1 amide bonds. The molecule has 1 heterocycles. The van der Waals surface area contributed by atoms with Gasteiger partial charge in [0.05, 0.1) is 0 Å². The summed E-state index contributed by atoms with van der Waals surface area (Å²) >= 11 is 0. The fraction of sp³-hybridized carbons (Fsp3) is 0.0556. The van der Waals surface area contributed by atoms with Crippen molar-refractivity contribution in [1.82, 2.24) is 0 Å². The molecule has 1 aliphatic rings. The summed E-state index contributed by atoms with van der Waals surface area (Å²) in [7, 11) is 0. The number of nitrogens with zero attached hydrogens (tertiary/aromatic N) is 1. The Bertz CT molecular complexity index is 824. The highest BCUT2D eigenvalue weighted by Crippen LogP contribution is 2.20. The third kappa shape index (κ3) is 3.67. The van der Waals surface area contributed by atoms with Gasteiger partial charge in [-0.3, -0.25) is 4.79 Å². The van der Waals surface area contributed by atoms with Gasteiger partial charge < -0.3 is 15.2 Å². The van der Waals surface area contributed by atoms with Crippen LogP contribution in [0.3, 0.4) is 0 Å². The SMILES string of the molecule is NC(=O)COc1ccc(C=C2N=C(c3ccccc3)OC2=O)cc1. The Balaban J connectivity index is 1.77. The van der Waals surface area contributed by atoms with Gasteiger partial charge in [-0.25, -0.2) is 9.79 Å². The van der Waals surface area contributed by atoms with Gasteiger partial charge in [0.25, 0.3) is 5.91 Å². The van der Waals surface area contributed by atoms with Gasteiger partial charge in [0, 0.05) is 5.56 Å². The van der Waals surface area contributed by atoms with Gasteiger partial charge in [-0.15, -0.1) is 0 Å². The first-order valence-electron chi connectivity index (χ1n) is 7.21. The standard InChI is InChI=1S/C18H14N2O4/c19-16(21)11-23-14-8-6-12(7-9-14)10-15-18(22)24-17(20-15)13-4-2-1-3-5-13/h1-10H,11H2,(H2,19,21). The number of primary amides is 1. The van der Waals surface area contributed by atoms with E-state index in [9.17, 15) is 9.59 Å². The lowest BCUT2D eigenvalue weighted by molar-refractivity contribution is -0.130. The van der Waals surface area contributed by atoms with Gasteiger partial charge in [-0.05, 0) is 35.9 Å². The number of hydrogen-bond donors (Lipinski definition) is 1. The molecule has 0 bridgehead atoms. The van der Waals surface area contributed by atoms with Crippen molar-refractivity contribution in [3.8, 4) is 5.75 Å². The molecule has 120 valence electrons. The molecule has 0 fully saturated rings. The van der Waals surface area contributed by atoms with Crippen molar-refractivity contribution in [3.63, 3.8) is 0 Å². The van der Waals surface area contributed by atoms with E-state index in [0.29, 0.717) is 5.75 Å². The number of cyclic esters (lactones) is 1. The van der Waals surface area contributed by atoms with Crippen LogP contribution in [0.5, 0.6) is 5.75 Å². The van der Waals surface area contributed by atoms with E-state index >= 15 is 0 Å². The van der Waals surface area contributed by atoms with Gasteiger partial charge in [0.1, 0.15) is 5.75 Å². The van der Waals surface area contributed by atoms with E-state index in [2.05, 4.69) is 4.99 Å². The zero-order chi connectivity index (χ0) is 16.9. The first kappa shape index (κ1) is 15.5. The van der Waals surface area contributed by atoms with Gasteiger partial charge in [0.2, 0.25) is 5.90 Å². The predicted molar refractivity (Wildman–Crippen MR) is 88.2 cm³/mol. The van der Waals surface area contributed by atoms with E-state index in [1.54, 1.807) is 30.3 Å². The average molecular weight is 322 g/mol. The predicted octanol–water partition coefficient (Wildman–Crippen LogP) is 1.90. The Kier molecular flexibility index (Phi) is 4.38. The molecule has 2 N–H and O–H groups in total. The Hall–Kier alpha value is -3.41. The minimum atomic E-state index is -0.544. The molecule has 0 saturated carbocycles. The summed E-state index contributed by atoms with van der Waals surface area (Å²) in [5.74, 6) is -0.243. The Morgan fingerprint density at radius 2 is 1.83 bits per heavy atom. The zero-order valence-corrected chi connectivity index (χ0v) is 12.6. The molecule has 0 saturated heterocycles. The highest BCUT2D eigenvalue weighted by molar-refractivity contribution is 6.12. The summed E-state index contributed by atoms with van der Waals surface area (Å²) in [6.07, 6.45) is 1.62. The number of esters is 1. The zero-order valence-electron chi connectivity index (χ0n) is 12.6. The van der Waals surface area contributed by atoms with Crippen molar-refractivity contribution in [2.24, 2.45) is 10.7 Å². The molecule has 0 spiro atoms.